The first kappa shape index (κ1) is 21.8. The lowest BCUT2D eigenvalue weighted by Gasteiger charge is -2.34. The zero-order chi connectivity index (χ0) is 23.0. The lowest BCUT2D eigenvalue weighted by atomic mass is 9.82. The number of para-hydroxylation sites is 1. The van der Waals surface area contributed by atoms with E-state index in [2.05, 4.69) is 0 Å². The van der Waals surface area contributed by atoms with Crippen LogP contribution in [0.15, 0.2) is 60.2 Å². The SMILES string of the molecule is CCN1C(=O)[C@@]2(C(=C(O)c3ccccc3)C(=O)C(=O)N2CCCN(C)C)c2ccccc21. The van der Waals surface area contributed by atoms with E-state index in [0.717, 1.165) is 0 Å². The molecule has 2 aromatic rings. The number of rotatable bonds is 6. The van der Waals surface area contributed by atoms with Crippen molar-refractivity contribution in [3.8, 4) is 0 Å². The van der Waals surface area contributed by atoms with Crippen LogP contribution in [0.25, 0.3) is 5.76 Å². The van der Waals surface area contributed by atoms with E-state index in [1.807, 2.05) is 38.1 Å². The van der Waals surface area contributed by atoms with Gasteiger partial charge in [-0.2, -0.15) is 0 Å². The standard InChI is InChI=1S/C25H27N3O4/c1-4-27-19-14-9-8-13-18(19)25(24(27)32)20(21(29)17-11-6-5-7-12-17)22(30)23(31)28(25)16-10-15-26(2)3/h5-9,11-14,29H,4,10,15-16H2,1-3H3/t25-/m0/s1. The van der Waals surface area contributed by atoms with Gasteiger partial charge in [-0.15, -0.1) is 0 Å². The number of carbonyl (C=O) groups is 3. The van der Waals surface area contributed by atoms with Crippen molar-refractivity contribution in [3.05, 3.63) is 71.3 Å². The quantitative estimate of drug-likeness (QED) is 0.430. The van der Waals surface area contributed by atoms with Gasteiger partial charge in [0.05, 0.1) is 11.3 Å². The first-order chi connectivity index (χ1) is 15.4. The maximum Gasteiger partial charge on any atom is 0.296 e. The number of hydrogen-bond donors (Lipinski definition) is 1. The molecule has 2 aromatic carbocycles. The van der Waals surface area contributed by atoms with Crippen molar-refractivity contribution in [2.24, 2.45) is 0 Å². The third-order valence-electron chi connectivity index (χ3n) is 6.16. The first-order valence-corrected chi connectivity index (χ1v) is 10.8. The topological polar surface area (TPSA) is 81.2 Å². The second-order valence-electron chi connectivity index (χ2n) is 8.31. The molecule has 1 saturated heterocycles. The van der Waals surface area contributed by atoms with Gasteiger partial charge in [-0.1, -0.05) is 48.5 Å². The molecule has 0 unspecified atom stereocenters. The monoisotopic (exact) mass is 433 g/mol. The van der Waals surface area contributed by atoms with Gasteiger partial charge in [-0.05, 0) is 40.1 Å². The van der Waals surface area contributed by atoms with Crippen LogP contribution in [-0.4, -0.2) is 66.2 Å². The number of anilines is 1. The summed E-state index contributed by atoms with van der Waals surface area (Å²) in [6.45, 7) is 3.13. The van der Waals surface area contributed by atoms with Gasteiger partial charge in [-0.25, -0.2) is 0 Å². The number of aliphatic hydroxyl groups excluding tert-OH is 1. The minimum Gasteiger partial charge on any atom is -0.507 e. The number of hydrogen-bond acceptors (Lipinski definition) is 5. The summed E-state index contributed by atoms with van der Waals surface area (Å²) in [6, 6.07) is 15.8. The number of amides is 2. The molecule has 2 amide bonds. The van der Waals surface area contributed by atoms with Gasteiger partial charge >= 0.3 is 0 Å². The highest BCUT2D eigenvalue weighted by Gasteiger charge is 2.66. The number of ketones is 1. The second kappa shape index (κ2) is 8.24. The molecule has 1 spiro atoms. The van der Waals surface area contributed by atoms with Crippen molar-refractivity contribution in [2.45, 2.75) is 18.9 Å². The van der Waals surface area contributed by atoms with Crippen LogP contribution in [0.3, 0.4) is 0 Å². The van der Waals surface area contributed by atoms with Gasteiger partial charge in [-0.3, -0.25) is 14.4 Å². The molecule has 32 heavy (non-hydrogen) atoms. The van der Waals surface area contributed by atoms with Crippen LogP contribution in [0.1, 0.15) is 24.5 Å². The number of benzene rings is 2. The molecule has 0 aliphatic carbocycles. The number of carbonyl (C=O) groups excluding carboxylic acids is 3. The van der Waals surface area contributed by atoms with Crippen LogP contribution in [0.2, 0.25) is 0 Å². The number of aliphatic hydroxyl groups is 1. The Hall–Kier alpha value is -3.45. The highest BCUT2D eigenvalue weighted by Crippen LogP contribution is 2.53. The van der Waals surface area contributed by atoms with Gasteiger partial charge in [0.15, 0.2) is 5.54 Å². The predicted octanol–water partition coefficient (Wildman–Crippen LogP) is 2.58. The summed E-state index contributed by atoms with van der Waals surface area (Å²) < 4.78 is 0. The Morgan fingerprint density at radius 1 is 1.00 bits per heavy atom. The molecular formula is C25H27N3O4. The van der Waals surface area contributed by atoms with E-state index in [-0.39, 0.29) is 23.8 Å². The molecule has 7 heteroatoms. The van der Waals surface area contributed by atoms with Crippen LogP contribution < -0.4 is 4.90 Å². The van der Waals surface area contributed by atoms with Crippen molar-refractivity contribution in [2.75, 3.05) is 38.6 Å². The third-order valence-corrected chi connectivity index (χ3v) is 6.16. The van der Waals surface area contributed by atoms with E-state index in [0.29, 0.717) is 36.3 Å². The van der Waals surface area contributed by atoms with Crippen molar-refractivity contribution >= 4 is 29.0 Å². The number of Topliss-reactive ketones (excluding diaryl/α,β-unsaturated/α-hetero) is 1. The zero-order valence-electron chi connectivity index (χ0n) is 18.5. The highest BCUT2D eigenvalue weighted by atomic mass is 16.3. The molecule has 1 fully saturated rings. The number of likely N-dealkylation sites (N-methyl/N-ethyl adjacent to an activating group) is 1. The molecule has 2 aliphatic rings. The van der Waals surface area contributed by atoms with Gasteiger partial charge in [0.2, 0.25) is 0 Å². The van der Waals surface area contributed by atoms with Gasteiger partial charge in [0.25, 0.3) is 17.6 Å². The number of nitrogens with zero attached hydrogens (tertiary/aromatic N) is 3. The summed E-state index contributed by atoms with van der Waals surface area (Å²) >= 11 is 0. The smallest absolute Gasteiger partial charge is 0.296 e. The summed E-state index contributed by atoms with van der Waals surface area (Å²) in [5.74, 6) is -2.32. The largest absolute Gasteiger partial charge is 0.507 e. The molecular weight excluding hydrogens is 406 g/mol. The molecule has 7 nitrogen and oxygen atoms in total. The fourth-order valence-corrected chi connectivity index (χ4v) is 4.77. The Bertz CT molecular complexity index is 1110. The number of fused-ring (bicyclic) bond motifs is 2. The van der Waals surface area contributed by atoms with Crippen LogP contribution in [0.5, 0.6) is 0 Å². The Balaban J connectivity index is 2.00. The molecule has 1 N–H and O–H groups in total. The summed E-state index contributed by atoms with van der Waals surface area (Å²) in [6.07, 6.45) is 0.578. The van der Waals surface area contributed by atoms with E-state index in [4.69, 9.17) is 0 Å². The molecule has 2 aliphatic heterocycles. The van der Waals surface area contributed by atoms with Crippen molar-refractivity contribution in [3.63, 3.8) is 0 Å². The Labute approximate surface area is 187 Å². The van der Waals surface area contributed by atoms with Crippen molar-refractivity contribution in [1.29, 1.82) is 0 Å². The molecule has 0 bridgehead atoms. The van der Waals surface area contributed by atoms with Crippen LogP contribution in [0.4, 0.5) is 5.69 Å². The molecule has 2 heterocycles. The molecule has 166 valence electrons. The molecule has 1 atom stereocenters. The maximum atomic E-state index is 14.0. The third kappa shape index (κ3) is 3.04. The molecule has 0 aromatic heterocycles. The Kier molecular flexibility index (Phi) is 5.60. The fraction of sp³-hybridized carbons (Fsp3) is 0.320. The minimum atomic E-state index is -1.67. The summed E-state index contributed by atoms with van der Waals surface area (Å²) in [5, 5.41) is 11.3. The average Bonchev–Trinajstić information content (AvgIpc) is 3.17. The highest BCUT2D eigenvalue weighted by molar-refractivity contribution is 6.50. The van der Waals surface area contributed by atoms with E-state index in [9.17, 15) is 19.5 Å². The summed E-state index contributed by atoms with van der Waals surface area (Å²) in [5.41, 5.74) is -0.246. The van der Waals surface area contributed by atoms with Crippen LogP contribution >= 0.6 is 0 Å². The predicted molar refractivity (Wildman–Crippen MR) is 122 cm³/mol. The van der Waals surface area contributed by atoms with Crippen LogP contribution in [-0.2, 0) is 19.9 Å². The number of likely N-dealkylation sites (tertiary alicyclic amines) is 1. The van der Waals surface area contributed by atoms with Crippen molar-refractivity contribution in [1.82, 2.24) is 9.80 Å². The molecule has 0 radical (unpaired) electrons. The molecule has 0 saturated carbocycles. The van der Waals surface area contributed by atoms with E-state index in [1.165, 1.54) is 4.90 Å². The zero-order valence-corrected chi connectivity index (χ0v) is 18.5. The fourth-order valence-electron chi connectivity index (χ4n) is 4.77. The lowest BCUT2D eigenvalue weighted by Crippen LogP contribution is -2.52. The first-order valence-electron chi connectivity index (χ1n) is 10.8. The Morgan fingerprint density at radius 2 is 1.66 bits per heavy atom. The average molecular weight is 434 g/mol. The minimum absolute atomic E-state index is 0.160. The molecule has 4 rings (SSSR count). The summed E-state index contributed by atoms with van der Waals surface area (Å²) in [7, 11) is 3.85. The van der Waals surface area contributed by atoms with Crippen LogP contribution in [0, 0.1) is 0 Å². The second-order valence-corrected chi connectivity index (χ2v) is 8.31. The summed E-state index contributed by atoms with van der Waals surface area (Å²) in [4.78, 5) is 45.5. The van der Waals surface area contributed by atoms with Gasteiger partial charge in [0, 0.05) is 24.2 Å². The van der Waals surface area contributed by atoms with Crippen molar-refractivity contribution < 1.29 is 19.5 Å². The van der Waals surface area contributed by atoms with E-state index in [1.54, 1.807) is 47.4 Å². The normalized spacial score (nSPS) is 21.8. The van der Waals surface area contributed by atoms with E-state index < -0.39 is 17.2 Å². The van der Waals surface area contributed by atoms with E-state index >= 15 is 0 Å². The maximum absolute atomic E-state index is 14.0. The lowest BCUT2D eigenvalue weighted by molar-refractivity contribution is -0.143. The van der Waals surface area contributed by atoms with Gasteiger partial charge in [0.1, 0.15) is 5.76 Å². The van der Waals surface area contributed by atoms with Gasteiger partial charge < -0.3 is 19.8 Å². The Morgan fingerprint density at radius 3 is 2.31 bits per heavy atom.